The summed E-state index contributed by atoms with van der Waals surface area (Å²) < 4.78 is 10.9. The van der Waals surface area contributed by atoms with Crippen molar-refractivity contribution in [3.05, 3.63) is 23.8 Å². The van der Waals surface area contributed by atoms with Gasteiger partial charge in [-0.15, -0.1) is 0 Å². The Morgan fingerprint density at radius 3 is 2.58 bits per heavy atom. The van der Waals surface area contributed by atoms with Gasteiger partial charge in [-0.3, -0.25) is 9.59 Å². The number of carbonyl (C=O) groups excluding carboxylic acids is 1. The number of fused-ring (bicyclic) bond motifs is 1. The molecule has 5 heteroatoms. The van der Waals surface area contributed by atoms with Crippen LogP contribution in [0.2, 0.25) is 0 Å². The maximum atomic E-state index is 11.5. The normalized spacial score (nSPS) is 14.8. The molecule has 1 N–H and O–H groups in total. The average molecular weight is 264 g/mol. The standard InChI is InChI=1S/C14H16O5/c1-9(15)11(8-14(16)17)6-10-2-3-12-13(7-10)19-5-4-18-12/h2-3,7,11H,4-6,8H2,1H3,(H,16,17). The van der Waals surface area contributed by atoms with Crippen molar-refractivity contribution < 1.29 is 24.2 Å². The summed E-state index contributed by atoms with van der Waals surface area (Å²) in [6.07, 6.45) is 0.252. The first kappa shape index (κ1) is 13.4. The van der Waals surface area contributed by atoms with E-state index in [2.05, 4.69) is 0 Å². The molecule has 0 radical (unpaired) electrons. The third kappa shape index (κ3) is 3.47. The summed E-state index contributed by atoms with van der Waals surface area (Å²) >= 11 is 0. The van der Waals surface area contributed by atoms with Crippen LogP contribution < -0.4 is 9.47 Å². The Morgan fingerprint density at radius 1 is 1.26 bits per heavy atom. The molecule has 2 rings (SSSR count). The van der Waals surface area contributed by atoms with Gasteiger partial charge in [-0.05, 0) is 31.0 Å². The van der Waals surface area contributed by atoms with Crippen LogP contribution in [-0.2, 0) is 16.0 Å². The summed E-state index contributed by atoms with van der Waals surface area (Å²) in [7, 11) is 0. The lowest BCUT2D eigenvalue weighted by Gasteiger charge is -2.19. The zero-order chi connectivity index (χ0) is 13.8. The van der Waals surface area contributed by atoms with Gasteiger partial charge in [0.1, 0.15) is 19.0 Å². The number of hydrogen-bond donors (Lipinski definition) is 1. The fraction of sp³-hybridized carbons (Fsp3) is 0.429. The molecule has 1 aromatic rings. The molecule has 0 fully saturated rings. The summed E-state index contributed by atoms with van der Waals surface area (Å²) in [4.78, 5) is 22.2. The average Bonchev–Trinajstić information content (AvgIpc) is 2.37. The molecular weight excluding hydrogens is 248 g/mol. The molecule has 1 aliphatic heterocycles. The molecule has 102 valence electrons. The van der Waals surface area contributed by atoms with Crippen LogP contribution in [0.5, 0.6) is 11.5 Å². The first-order valence-electron chi connectivity index (χ1n) is 6.17. The quantitative estimate of drug-likeness (QED) is 0.876. The highest BCUT2D eigenvalue weighted by Gasteiger charge is 2.20. The fourth-order valence-corrected chi connectivity index (χ4v) is 2.07. The first-order chi connectivity index (χ1) is 9.06. The number of aliphatic carboxylic acids is 1. The summed E-state index contributed by atoms with van der Waals surface area (Å²) in [6, 6.07) is 5.44. The van der Waals surface area contributed by atoms with Crippen LogP contribution in [-0.4, -0.2) is 30.1 Å². The molecule has 1 heterocycles. The van der Waals surface area contributed by atoms with Gasteiger partial charge in [0.15, 0.2) is 11.5 Å². The Labute approximate surface area is 111 Å². The Balaban J connectivity index is 2.12. The maximum Gasteiger partial charge on any atom is 0.304 e. The highest BCUT2D eigenvalue weighted by atomic mass is 16.6. The summed E-state index contributed by atoms with van der Waals surface area (Å²) in [5, 5.41) is 8.81. The number of hydrogen-bond acceptors (Lipinski definition) is 4. The van der Waals surface area contributed by atoms with Crippen LogP contribution in [0.3, 0.4) is 0 Å². The number of ether oxygens (including phenoxy) is 2. The lowest BCUT2D eigenvalue weighted by atomic mass is 9.93. The van der Waals surface area contributed by atoms with Gasteiger partial charge in [0, 0.05) is 5.92 Å². The van der Waals surface area contributed by atoms with Gasteiger partial charge in [0.2, 0.25) is 0 Å². The first-order valence-corrected chi connectivity index (χ1v) is 6.17. The van der Waals surface area contributed by atoms with Gasteiger partial charge in [0.25, 0.3) is 0 Å². The van der Waals surface area contributed by atoms with Crippen LogP contribution in [0.1, 0.15) is 18.9 Å². The molecule has 0 aromatic heterocycles. The molecular formula is C14H16O5. The third-order valence-corrected chi connectivity index (χ3v) is 3.08. The maximum absolute atomic E-state index is 11.5. The predicted octanol–water partition coefficient (Wildman–Crippen LogP) is 1.68. The van der Waals surface area contributed by atoms with E-state index < -0.39 is 11.9 Å². The number of carboxylic acid groups (broad SMARTS) is 1. The van der Waals surface area contributed by atoms with E-state index in [0.29, 0.717) is 31.1 Å². The summed E-state index contributed by atoms with van der Waals surface area (Å²) in [6.45, 7) is 2.45. The van der Waals surface area contributed by atoms with Gasteiger partial charge < -0.3 is 14.6 Å². The van der Waals surface area contributed by atoms with Crippen LogP contribution in [0.25, 0.3) is 0 Å². The van der Waals surface area contributed by atoms with Crippen molar-refractivity contribution in [1.82, 2.24) is 0 Å². The monoisotopic (exact) mass is 264 g/mol. The minimum absolute atomic E-state index is 0.114. The van der Waals surface area contributed by atoms with E-state index in [0.717, 1.165) is 5.56 Å². The minimum atomic E-state index is -0.960. The van der Waals surface area contributed by atoms with Gasteiger partial charge in [-0.25, -0.2) is 0 Å². The zero-order valence-electron chi connectivity index (χ0n) is 10.7. The fourth-order valence-electron chi connectivity index (χ4n) is 2.07. The number of rotatable bonds is 5. The molecule has 0 spiro atoms. The second kappa shape index (κ2) is 5.73. The molecule has 0 saturated carbocycles. The number of carbonyl (C=O) groups is 2. The smallest absolute Gasteiger partial charge is 0.304 e. The van der Waals surface area contributed by atoms with E-state index in [1.165, 1.54) is 6.92 Å². The van der Waals surface area contributed by atoms with E-state index in [1.54, 1.807) is 6.07 Å². The van der Waals surface area contributed by atoms with Crippen molar-refractivity contribution >= 4 is 11.8 Å². The Kier molecular flexibility index (Phi) is 4.04. The lowest BCUT2D eigenvalue weighted by molar-refractivity contribution is -0.140. The van der Waals surface area contributed by atoms with E-state index in [-0.39, 0.29) is 12.2 Å². The molecule has 0 amide bonds. The van der Waals surface area contributed by atoms with Crippen LogP contribution in [0.4, 0.5) is 0 Å². The summed E-state index contributed by atoms with van der Waals surface area (Å²) in [5.41, 5.74) is 0.880. The van der Waals surface area contributed by atoms with E-state index >= 15 is 0 Å². The highest BCUT2D eigenvalue weighted by Crippen LogP contribution is 2.31. The number of carboxylic acids is 1. The summed E-state index contributed by atoms with van der Waals surface area (Å²) in [5.74, 6) is -0.232. The van der Waals surface area contributed by atoms with Crippen molar-refractivity contribution in [3.63, 3.8) is 0 Å². The number of Topliss-reactive ketones (excluding diaryl/α,β-unsaturated/α-hetero) is 1. The van der Waals surface area contributed by atoms with Crippen molar-refractivity contribution in [3.8, 4) is 11.5 Å². The van der Waals surface area contributed by atoms with E-state index in [9.17, 15) is 9.59 Å². The Bertz CT molecular complexity index is 495. The molecule has 0 bridgehead atoms. The van der Waals surface area contributed by atoms with Gasteiger partial charge in [-0.1, -0.05) is 6.07 Å². The molecule has 1 aliphatic rings. The van der Waals surface area contributed by atoms with Gasteiger partial charge >= 0.3 is 5.97 Å². The number of benzene rings is 1. The second-order valence-corrected chi connectivity index (χ2v) is 4.59. The molecule has 1 unspecified atom stereocenters. The Morgan fingerprint density at radius 2 is 1.95 bits per heavy atom. The Hall–Kier alpha value is -2.04. The number of ketones is 1. The van der Waals surface area contributed by atoms with E-state index in [4.69, 9.17) is 14.6 Å². The molecule has 0 saturated heterocycles. The molecule has 5 nitrogen and oxygen atoms in total. The van der Waals surface area contributed by atoms with Crippen molar-refractivity contribution in [2.45, 2.75) is 19.8 Å². The molecule has 1 atom stereocenters. The molecule has 1 aromatic carbocycles. The van der Waals surface area contributed by atoms with Gasteiger partial charge in [0.05, 0.1) is 6.42 Å². The SMILES string of the molecule is CC(=O)C(CC(=O)O)Cc1ccc2c(c1)OCCO2. The van der Waals surface area contributed by atoms with Gasteiger partial charge in [-0.2, -0.15) is 0 Å². The second-order valence-electron chi connectivity index (χ2n) is 4.59. The zero-order valence-corrected chi connectivity index (χ0v) is 10.7. The van der Waals surface area contributed by atoms with Crippen molar-refractivity contribution in [2.24, 2.45) is 5.92 Å². The molecule has 19 heavy (non-hydrogen) atoms. The van der Waals surface area contributed by atoms with Crippen LogP contribution in [0, 0.1) is 5.92 Å². The van der Waals surface area contributed by atoms with Crippen LogP contribution in [0.15, 0.2) is 18.2 Å². The minimum Gasteiger partial charge on any atom is -0.486 e. The predicted molar refractivity (Wildman–Crippen MR) is 67.6 cm³/mol. The largest absolute Gasteiger partial charge is 0.486 e. The van der Waals surface area contributed by atoms with Crippen molar-refractivity contribution in [1.29, 1.82) is 0 Å². The van der Waals surface area contributed by atoms with Crippen molar-refractivity contribution in [2.75, 3.05) is 13.2 Å². The lowest BCUT2D eigenvalue weighted by Crippen LogP contribution is -2.19. The highest BCUT2D eigenvalue weighted by molar-refractivity contribution is 5.83. The molecule has 0 aliphatic carbocycles. The topological polar surface area (TPSA) is 72.8 Å². The third-order valence-electron chi connectivity index (χ3n) is 3.08. The van der Waals surface area contributed by atoms with Crippen LogP contribution >= 0.6 is 0 Å². The van der Waals surface area contributed by atoms with E-state index in [1.807, 2.05) is 12.1 Å².